The van der Waals surface area contributed by atoms with E-state index in [1.54, 1.807) is 38.1 Å². The van der Waals surface area contributed by atoms with Gasteiger partial charge in [-0.05, 0) is 62.7 Å². The third kappa shape index (κ3) is 4.16. The number of ether oxygens (including phenoxy) is 2. The van der Waals surface area contributed by atoms with Crippen molar-refractivity contribution in [1.82, 2.24) is 0 Å². The fourth-order valence-electron chi connectivity index (χ4n) is 2.45. The van der Waals surface area contributed by atoms with Crippen molar-refractivity contribution in [2.75, 3.05) is 24.6 Å². The van der Waals surface area contributed by atoms with Gasteiger partial charge in [-0.2, -0.15) is 0 Å². The van der Waals surface area contributed by atoms with Crippen molar-refractivity contribution in [2.24, 2.45) is 0 Å². The van der Waals surface area contributed by atoms with Crippen LogP contribution in [-0.2, 0) is 14.8 Å². The Morgan fingerprint density at radius 2 is 1.69 bits per heavy atom. The van der Waals surface area contributed by atoms with Crippen molar-refractivity contribution < 1.29 is 22.7 Å². The molecule has 0 unspecified atom stereocenters. The Morgan fingerprint density at radius 3 is 2.27 bits per heavy atom. The lowest BCUT2D eigenvalue weighted by molar-refractivity contribution is 0.0526. The van der Waals surface area contributed by atoms with Crippen LogP contribution in [0.2, 0.25) is 0 Å². The second kappa shape index (κ2) is 8.23. The number of sulfonamides is 1. The molecule has 0 saturated heterocycles. The number of carbonyl (C=O) groups excluding carboxylic acids is 1. The van der Waals surface area contributed by atoms with Crippen LogP contribution in [-0.4, -0.2) is 34.6 Å². The molecule has 26 heavy (non-hydrogen) atoms. The second-order valence-electron chi connectivity index (χ2n) is 5.60. The molecule has 0 radical (unpaired) electrons. The quantitative estimate of drug-likeness (QED) is 0.692. The molecule has 0 fully saturated rings. The normalized spacial score (nSPS) is 11.1. The maximum Gasteiger partial charge on any atom is 0.338 e. The minimum atomic E-state index is -3.78. The third-order valence-corrected chi connectivity index (χ3v) is 5.64. The van der Waals surface area contributed by atoms with E-state index < -0.39 is 16.0 Å². The summed E-state index contributed by atoms with van der Waals surface area (Å²) in [6, 6.07) is 11.1. The molecule has 0 spiro atoms. The first-order valence-electron chi connectivity index (χ1n) is 8.30. The van der Waals surface area contributed by atoms with Gasteiger partial charge < -0.3 is 9.47 Å². The maximum atomic E-state index is 12.9. The molecule has 0 bridgehead atoms. The minimum absolute atomic E-state index is 0.143. The number of hydrogen-bond donors (Lipinski definition) is 0. The lowest BCUT2D eigenvalue weighted by Crippen LogP contribution is -2.27. The van der Waals surface area contributed by atoms with Crippen molar-refractivity contribution in [3.8, 4) is 5.75 Å². The van der Waals surface area contributed by atoms with Gasteiger partial charge in [0.1, 0.15) is 5.75 Å². The topological polar surface area (TPSA) is 72.9 Å². The summed E-state index contributed by atoms with van der Waals surface area (Å²) in [6.07, 6.45) is 0. The molecule has 140 valence electrons. The summed E-state index contributed by atoms with van der Waals surface area (Å²) in [4.78, 5) is 12.1. The van der Waals surface area contributed by atoms with Crippen molar-refractivity contribution >= 4 is 21.7 Å². The molecule has 0 aliphatic rings. The van der Waals surface area contributed by atoms with E-state index in [-0.39, 0.29) is 11.5 Å². The predicted octanol–water partition coefficient (Wildman–Crippen LogP) is 3.40. The number of hydrogen-bond acceptors (Lipinski definition) is 5. The number of nitrogens with zero attached hydrogens (tertiary/aromatic N) is 1. The van der Waals surface area contributed by atoms with E-state index in [9.17, 15) is 13.2 Å². The van der Waals surface area contributed by atoms with Crippen molar-refractivity contribution in [2.45, 2.75) is 25.7 Å². The minimum Gasteiger partial charge on any atom is -0.494 e. The zero-order chi connectivity index (χ0) is 19.3. The van der Waals surface area contributed by atoms with Crippen LogP contribution in [0, 0.1) is 6.92 Å². The third-order valence-electron chi connectivity index (χ3n) is 3.85. The standard InChI is InChI=1S/C19H23NO5S/c1-5-24-16-9-11-17(12-10-16)26(22,23)20(4)18-13-15(8-7-14(18)3)19(21)25-6-2/h7-13H,5-6H2,1-4H3. The summed E-state index contributed by atoms with van der Waals surface area (Å²) in [5.74, 6) is 0.121. The first-order valence-corrected chi connectivity index (χ1v) is 9.74. The van der Waals surface area contributed by atoms with E-state index in [0.29, 0.717) is 23.6 Å². The predicted molar refractivity (Wildman–Crippen MR) is 100 cm³/mol. The fourth-order valence-corrected chi connectivity index (χ4v) is 3.70. The van der Waals surface area contributed by atoms with Crippen LogP contribution in [0.1, 0.15) is 29.8 Å². The Bertz CT molecular complexity index is 875. The van der Waals surface area contributed by atoms with Crippen molar-refractivity contribution in [3.05, 3.63) is 53.6 Å². The monoisotopic (exact) mass is 377 g/mol. The Kier molecular flexibility index (Phi) is 6.26. The summed E-state index contributed by atoms with van der Waals surface area (Å²) in [6.45, 7) is 6.12. The van der Waals surface area contributed by atoms with Gasteiger partial charge in [-0.25, -0.2) is 13.2 Å². The molecule has 0 amide bonds. The van der Waals surface area contributed by atoms with E-state index in [1.807, 2.05) is 6.92 Å². The van der Waals surface area contributed by atoms with Crippen LogP contribution in [0.25, 0.3) is 0 Å². The van der Waals surface area contributed by atoms with Gasteiger partial charge in [-0.3, -0.25) is 4.31 Å². The zero-order valence-corrected chi connectivity index (χ0v) is 16.2. The zero-order valence-electron chi connectivity index (χ0n) is 15.4. The van der Waals surface area contributed by atoms with Crippen LogP contribution in [0.4, 0.5) is 5.69 Å². The van der Waals surface area contributed by atoms with E-state index in [0.717, 1.165) is 5.56 Å². The molecule has 0 saturated carbocycles. The van der Waals surface area contributed by atoms with Gasteiger partial charge in [0.25, 0.3) is 10.0 Å². The molecule has 2 aromatic carbocycles. The Labute approximate surface area is 154 Å². The molecule has 0 heterocycles. The van der Waals surface area contributed by atoms with E-state index in [2.05, 4.69) is 0 Å². The molecule has 2 aromatic rings. The molecule has 7 heteroatoms. The Morgan fingerprint density at radius 1 is 1.04 bits per heavy atom. The molecular formula is C19H23NO5S. The first-order chi connectivity index (χ1) is 12.3. The lowest BCUT2D eigenvalue weighted by atomic mass is 10.1. The van der Waals surface area contributed by atoms with Crippen molar-refractivity contribution in [1.29, 1.82) is 0 Å². The number of aryl methyl sites for hydroxylation is 1. The van der Waals surface area contributed by atoms with Gasteiger partial charge in [-0.1, -0.05) is 6.07 Å². The second-order valence-corrected chi connectivity index (χ2v) is 7.57. The molecule has 0 aliphatic heterocycles. The Hall–Kier alpha value is -2.54. The highest BCUT2D eigenvalue weighted by atomic mass is 32.2. The summed E-state index contributed by atoms with van der Waals surface area (Å²) in [7, 11) is -2.31. The summed E-state index contributed by atoms with van der Waals surface area (Å²) < 4.78 is 37.4. The van der Waals surface area contributed by atoms with Crippen LogP contribution < -0.4 is 9.04 Å². The molecule has 6 nitrogen and oxygen atoms in total. The van der Waals surface area contributed by atoms with Gasteiger partial charge in [0.2, 0.25) is 0 Å². The molecule has 2 rings (SSSR count). The van der Waals surface area contributed by atoms with Crippen LogP contribution >= 0.6 is 0 Å². The average molecular weight is 377 g/mol. The highest BCUT2D eigenvalue weighted by Gasteiger charge is 2.23. The SMILES string of the molecule is CCOC(=O)c1ccc(C)c(N(C)S(=O)(=O)c2ccc(OCC)cc2)c1. The molecule has 0 aliphatic carbocycles. The highest BCUT2D eigenvalue weighted by molar-refractivity contribution is 7.92. The van der Waals surface area contributed by atoms with Gasteiger partial charge in [-0.15, -0.1) is 0 Å². The number of esters is 1. The Balaban J connectivity index is 2.38. The van der Waals surface area contributed by atoms with Crippen LogP contribution in [0.15, 0.2) is 47.4 Å². The van der Waals surface area contributed by atoms with Crippen LogP contribution in [0.5, 0.6) is 5.75 Å². The van der Waals surface area contributed by atoms with E-state index >= 15 is 0 Å². The van der Waals surface area contributed by atoms with E-state index in [1.165, 1.54) is 29.6 Å². The van der Waals surface area contributed by atoms with Crippen LogP contribution in [0.3, 0.4) is 0 Å². The molecule has 0 aromatic heterocycles. The average Bonchev–Trinajstić information content (AvgIpc) is 2.62. The van der Waals surface area contributed by atoms with Crippen molar-refractivity contribution in [3.63, 3.8) is 0 Å². The fraction of sp³-hybridized carbons (Fsp3) is 0.316. The molecule has 0 N–H and O–H groups in total. The summed E-state index contributed by atoms with van der Waals surface area (Å²) in [5.41, 5.74) is 1.46. The molecular weight excluding hydrogens is 354 g/mol. The van der Waals surface area contributed by atoms with E-state index in [4.69, 9.17) is 9.47 Å². The number of benzene rings is 2. The number of rotatable bonds is 7. The summed E-state index contributed by atoms with van der Waals surface area (Å²) in [5, 5.41) is 0. The number of anilines is 1. The van der Waals surface area contributed by atoms with Gasteiger partial charge in [0, 0.05) is 7.05 Å². The lowest BCUT2D eigenvalue weighted by Gasteiger charge is -2.22. The largest absolute Gasteiger partial charge is 0.494 e. The number of carbonyl (C=O) groups is 1. The van der Waals surface area contributed by atoms with Gasteiger partial charge in [0.05, 0.1) is 29.4 Å². The first kappa shape index (κ1) is 19.8. The maximum absolute atomic E-state index is 12.9. The molecule has 0 atom stereocenters. The van der Waals surface area contributed by atoms with Gasteiger partial charge in [0.15, 0.2) is 0 Å². The summed E-state index contributed by atoms with van der Waals surface area (Å²) >= 11 is 0. The smallest absolute Gasteiger partial charge is 0.338 e. The highest BCUT2D eigenvalue weighted by Crippen LogP contribution is 2.27. The van der Waals surface area contributed by atoms with Gasteiger partial charge >= 0.3 is 5.97 Å².